The summed E-state index contributed by atoms with van der Waals surface area (Å²) in [4.78, 5) is 28.9. The molecule has 0 unspecified atom stereocenters. The van der Waals surface area contributed by atoms with E-state index in [1.54, 1.807) is 49.6 Å². The van der Waals surface area contributed by atoms with Crippen LogP contribution in [0.15, 0.2) is 47.5 Å². The van der Waals surface area contributed by atoms with Gasteiger partial charge in [0.25, 0.3) is 0 Å². The third-order valence-electron chi connectivity index (χ3n) is 3.90. The predicted molar refractivity (Wildman–Crippen MR) is 111 cm³/mol. The molecule has 1 heterocycles. The van der Waals surface area contributed by atoms with Crippen molar-refractivity contribution in [3.63, 3.8) is 0 Å². The fourth-order valence-corrected chi connectivity index (χ4v) is 3.67. The van der Waals surface area contributed by atoms with Crippen LogP contribution in [0.4, 0.5) is 11.4 Å². The van der Waals surface area contributed by atoms with Gasteiger partial charge in [0.2, 0.25) is 11.8 Å². The standard InChI is InChI=1S/C19H18ClN3O4S/c1-26-11-7-8-14(15(9-11)27-2)21-17(24)10-16-18(25)23-19(28-16)22-13-6-4-3-5-12(13)20/h3-9,16H,10H2,1-2H3,(H,21,24)(H,22,23,25)/t16-/m0/s1. The Bertz CT molecular complexity index is 935. The number of anilines is 1. The Balaban J connectivity index is 1.65. The molecule has 1 aliphatic rings. The van der Waals surface area contributed by atoms with Crippen LogP contribution < -0.4 is 20.1 Å². The molecule has 3 rings (SSSR count). The van der Waals surface area contributed by atoms with Gasteiger partial charge in [-0.15, -0.1) is 0 Å². The van der Waals surface area contributed by atoms with Crippen molar-refractivity contribution in [2.75, 3.05) is 19.5 Å². The maximum absolute atomic E-state index is 12.4. The first-order chi connectivity index (χ1) is 13.5. The molecule has 0 spiro atoms. The van der Waals surface area contributed by atoms with Crippen LogP contribution in [0.1, 0.15) is 6.42 Å². The summed E-state index contributed by atoms with van der Waals surface area (Å²) in [5, 5.41) is 5.76. The Hall–Kier alpha value is -2.71. The normalized spacial score (nSPS) is 17.3. The Morgan fingerprint density at radius 3 is 2.75 bits per heavy atom. The Morgan fingerprint density at radius 2 is 2.04 bits per heavy atom. The zero-order valence-corrected chi connectivity index (χ0v) is 16.8. The molecule has 0 bridgehead atoms. The second kappa shape index (κ2) is 8.99. The van der Waals surface area contributed by atoms with Crippen molar-refractivity contribution in [1.29, 1.82) is 0 Å². The second-order valence-corrected chi connectivity index (χ2v) is 7.38. The van der Waals surface area contributed by atoms with E-state index in [1.807, 2.05) is 0 Å². The van der Waals surface area contributed by atoms with Crippen LogP contribution in [0.25, 0.3) is 0 Å². The first-order valence-corrected chi connectivity index (χ1v) is 9.58. The van der Waals surface area contributed by atoms with E-state index >= 15 is 0 Å². The molecular weight excluding hydrogens is 402 g/mol. The van der Waals surface area contributed by atoms with Gasteiger partial charge in [-0.3, -0.25) is 9.59 Å². The van der Waals surface area contributed by atoms with E-state index in [4.69, 9.17) is 21.1 Å². The largest absolute Gasteiger partial charge is 0.497 e. The number of halogens is 1. The quantitative estimate of drug-likeness (QED) is 0.746. The predicted octanol–water partition coefficient (Wildman–Crippen LogP) is 3.61. The van der Waals surface area contributed by atoms with Crippen molar-refractivity contribution in [2.45, 2.75) is 11.7 Å². The van der Waals surface area contributed by atoms with E-state index in [1.165, 1.54) is 18.9 Å². The lowest BCUT2D eigenvalue weighted by Gasteiger charge is -2.12. The number of aliphatic imine (C=N–C) groups is 1. The first-order valence-electron chi connectivity index (χ1n) is 8.32. The summed E-state index contributed by atoms with van der Waals surface area (Å²) in [6.07, 6.45) is -0.00672. The monoisotopic (exact) mass is 419 g/mol. The molecule has 1 saturated heterocycles. The van der Waals surface area contributed by atoms with Gasteiger partial charge in [0.15, 0.2) is 5.17 Å². The van der Waals surface area contributed by atoms with Crippen LogP contribution in [0.3, 0.4) is 0 Å². The Labute approximate surface area is 171 Å². The minimum Gasteiger partial charge on any atom is -0.497 e. The fourth-order valence-electron chi connectivity index (χ4n) is 2.52. The van der Waals surface area contributed by atoms with Crippen molar-refractivity contribution >= 4 is 51.7 Å². The Morgan fingerprint density at radius 1 is 1.25 bits per heavy atom. The number of benzene rings is 2. The van der Waals surface area contributed by atoms with E-state index < -0.39 is 5.25 Å². The highest BCUT2D eigenvalue weighted by molar-refractivity contribution is 8.15. The number of carbonyl (C=O) groups is 2. The lowest BCUT2D eigenvalue weighted by molar-refractivity contribution is -0.122. The first kappa shape index (κ1) is 20.0. The van der Waals surface area contributed by atoms with Crippen LogP contribution >= 0.6 is 23.4 Å². The van der Waals surface area contributed by atoms with Crippen LogP contribution in [0, 0.1) is 0 Å². The number of amides is 2. The molecular formula is C19H18ClN3O4S. The summed E-state index contributed by atoms with van der Waals surface area (Å²) in [6, 6.07) is 12.1. The smallest absolute Gasteiger partial charge is 0.240 e. The van der Waals surface area contributed by atoms with Gasteiger partial charge in [-0.05, 0) is 24.3 Å². The summed E-state index contributed by atoms with van der Waals surface area (Å²) in [7, 11) is 3.05. The van der Waals surface area contributed by atoms with E-state index in [-0.39, 0.29) is 18.2 Å². The zero-order chi connectivity index (χ0) is 20.1. The minimum absolute atomic E-state index is 0.00672. The lowest BCUT2D eigenvalue weighted by Crippen LogP contribution is -2.28. The molecule has 2 aromatic carbocycles. The van der Waals surface area contributed by atoms with E-state index in [2.05, 4.69) is 15.6 Å². The van der Waals surface area contributed by atoms with Gasteiger partial charge >= 0.3 is 0 Å². The summed E-state index contributed by atoms with van der Waals surface area (Å²) in [5.41, 5.74) is 1.06. The average Bonchev–Trinajstić information content (AvgIpc) is 3.02. The summed E-state index contributed by atoms with van der Waals surface area (Å²) < 4.78 is 10.4. The number of thioether (sulfide) groups is 1. The van der Waals surface area contributed by atoms with Crippen molar-refractivity contribution in [3.8, 4) is 11.5 Å². The molecule has 1 aliphatic heterocycles. The maximum atomic E-state index is 12.4. The fraction of sp³-hybridized carbons (Fsp3) is 0.211. The molecule has 0 saturated carbocycles. The summed E-state index contributed by atoms with van der Waals surface area (Å²) in [6.45, 7) is 0. The van der Waals surface area contributed by atoms with Crippen LogP contribution in [-0.4, -0.2) is 36.5 Å². The maximum Gasteiger partial charge on any atom is 0.240 e. The summed E-state index contributed by atoms with van der Waals surface area (Å²) >= 11 is 7.28. The molecule has 28 heavy (non-hydrogen) atoms. The summed E-state index contributed by atoms with van der Waals surface area (Å²) in [5.74, 6) is 0.501. The minimum atomic E-state index is -0.578. The number of nitrogens with one attached hydrogen (secondary N) is 2. The number of carbonyl (C=O) groups excluding carboxylic acids is 2. The molecule has 2 aromatic rings. The molecule has 1 fully saturated rings. The molecule has 2 N–H and O–H groups in total. The number of methoxy groups -OCH3 is 2. The second-order valence-electron chi connectivity index (χ2n) is 5.78. The highest BCUT2D eigenvalue weighted by Gasteiger charge is 2.32. The Kier molecular flexibility index (Phi) is 6.43. The van der Waals surface area contributed by atoms with Crippen LogP contribution in [0.2, 0.25) is 5.02 Å². The van der Waals surface area contributed by atoms with Gasteiger partial charge in [0.05, 0.1) is 30.6 Å². The van der Waals surface area contributed by atoms with E-state index in [0.717, 1.165) is 0 Å². The average molecular weight is 420 g/mol. The molecule has 0 radical (unpaired) electrons. The molecule has 146 valence electrons. The van der Waals surface area contributed by atoms with Crippen molar-refractivity contribution < 1.29 is 19.1 Å². The zero-order valence-electron chi connectivity index (χ0n) is 15.2. The number of hydrogen-bond donors (Lipinski definition) is 2. The topological polar surface area (TPSA) is 89.0 Å². The van der Waals surface area contributed by atoms with Gasteiger partial charge in [-0.25, -0.2) is 4.99 Å². The molecule has 9 heteroatoms. The number of amidine groups is 1. The van der Waals surface area contributed by atoms with Crippen LogP contribution in [-0.2, 0) is 9.59 Å². The number of hydrogen-bond acceptors (Lipinski definition) is 6. The van der Waals surface area contributed by atoms with Gasteiger partial charge in [-0.1, -0.05) is 35.5 Å². The molecule has 0 aliphatic carbocycles. The molecule has 0 aromatic heterocycles. The number of rotatable bonds is 6. The molecule has 1 atom stereocenters. The van der Waals surface area contributed by atoms with Crippen LogP contribution in [0.5, 0.6) is 11.5 Å². The highest BCUT2D eigenvalue weighted by atomic mass is 35.5. The van der Waals surface area contributed by atoms with Crippen molar-refractivity contribution in [3.05, 3.63) is 47.5 Å². The van der Waals surface area contributed by atoms with Crippen molar-refractivity contribution in [2.24, 2.45) is 4.99 Å². The van der Waals surface area contributed by atoms with E-state index in [0.29, 0.717) is 33.1 Å². The molecule has 2 amide bonds. The number of nitrogens with zero attached hydrogens (tertiary/aromatic N) is 1. The number of ether oxygens (including phenoxy) is 2. The van der Waals surface area contributed by atoms with Gasteiger partial charge in [-0.2, -0.15) is 0 Å². The SMILES string of the molecule is COc1ccc(NC(=O)C[C@@H]2SC(=Nc3ccccc3Cl)NC2=O)c(OC)c1. The van der Waals surface area contributed by atoms with Gasteiger partial charge in [0, 0.05) is 12.5 Å². The molecule has 7 nitrogen and oxygen atoms in total. The van der Waals surface area contributed by atoms with Gasteiger partial charge in [0.1, 0.15) is 16.7 Å². The van der Waals surface area contributed by atoms with Crippen molar-refractivity contribution in [1.82, 2.24) is 5.32 Å². The highest BCUT2D eigenvalue weighted by Crippen LogP contribution is 2.31. The lowest BCUT2D eigenvalue weighted by atomic mass is 10.2. The third kappa shape index (κ3) is 4.76. The van der Waals surface area contributed by atoms with Gasteiger partial charge < -0.3 is 20.1 Å². The van der Waals surface area contributed by atoms with E-state index in [9.17, 15) is 9.59 Å². The number of para-hydroxylation sites is 1. The third-order valence-corrected chi connectivity index (χ3v) is 5.31.